The summed E-state index contributed by atoms with van der Waals surface area (Å²) in [5.41, 5.74) is 0. The maximum atomic E-state index is 5.88. The third kappa shape index (κ3) is 6.13. The molecular weight excluding hydrogens is 372 g/mol. The number of hydrogen-bond acceptors (Lipinski definition) is 4. The molecule has 0 aliphatic carbocycles. The number of hydrogen-bond donors (Lipinski definition) is 0. The minimum Gasteiger partial charge on any atom is -0.361 e. The zero-order valence-electron chi connectivity index (χ0n) is 13.0. The predicted octanol–water partition coefficient (Wildman–Crippen LogP) is 5.18. The Morgan fingerprint density at radius 2 is 2.05 bits per heavy atom. The molecule has 0 radical (unpaired) electrons. The molecule has 0 atom stereocenters. The average Bonchev–Trinajstić information content (AvgIpc) is 2.66. The molecular formula is C13H25BrN2OS2Si. The van der Waals surface area contributed by atoms with Crippen molar-refractivity contribution >= 4 is 47.5 Å². The van der Waals surface area contributed by atoms with E-state index in [4.69, 9.17) is 4.74 Å². The molecule has 0 aliphatic heterocycles. The van der Waals surface area contributed by atoms with Gasteiger partial charge in [-0.3, -0.25) is 4.57 Å². The van der Waals surface area contributed by atoms with Gasteiger partial charge >= 0.3 is 0 Å². The van der Waals surface area contributed by atoms with Gasteiger partial charge in [-0.15, -0.1) is 11.8 Å². The second-order valence-corrected chi connectivity index (χ2v) is 14.0. The van der Waals surface area contributed by atoms with E-state index in [1.165, 1.54) is 6.04 Å². The highest BCUT2D eigenvalue weighted by Crippen LogP contribution is 2.31. The van der Waals surface area contributed by atoms with E-state index in [2.05, 4.69) is 58.3 Å². The Hall–Kier alpha value is 0.567. The number of aromatic nitrogens is 2. The van der Waals surface area contributed by atoms with Crippen molar-refractivity contribution < 1.29 is 4.74 Å². The third-order valence-corrected chi connectivity index (χ3v) is 7.19. The molecule has 0 saturated heterocycles. The van der Waals surface area contributed by atoms with Crippen molar-refractivity contribution in [2.75, 3.05) is 18.6 Å². The molecule has 0 N–H and O–H groups in total. The lowest BCUT2D eigenvalue weighted by atomic mass is 10.6. The van der Waals surface area contributed by atoms with Crippen LogP contribution in [0.4, 0.5) is 0 Å². The average molecular weight is 397 g/mol. The number of nitrogens with zero attached hydrogens (tertiary/aromatic N) is 2. The van der Waals surface area contributed by atoms with E-state index in [0.717, 1.165) is 33.6 Å². The monoisotopic (exact) mass is 396 g/mol. The van der Waals surface area contributed by atoms with Gasteiger partial charge in [0.15, 0.2) is 5.16 Å². The fraction of sp³-hybridized carbons (Fsp3) is 0.769. The van der Waals surface area contributed by atoms with Gasteiger partial charge in [-0.1, -0.05) is 38.3 Å². The van der Waals surface area contributed by atoms with Crippen LogP contribution in [-0.2, 0) is 11.5 Å². The fourth-order valence-electron chi connectivity index (χ4n) is 1.54. The van der Waals surface area contributed by atoms with Crippen molar-refractivity contribution in [2.24, 2.45) is 0 Å². The van der Waals surface area contributed by atoms with Crippen LogP contribution >= 0.6 is 39.5 Å². The van der Waals surface area contributed by atoms with Gasteiger partial charge in [0.2, 0.25) is 0 Å². The van der Waals surface area contributed by atoms with Gasteiger partial charge in [0, 0.05) is 20.4 Å². The molecule has 0 spiro atoms. The maximum absolute atomic E-state index is 5.88. The molecule has 0 aromatic carbocycles. The van der Waals surface area contributed by atoms with Crippen molar-refractivity contribution in [2.45, 2.75) is 55.9 Å². The molecule has 0 saturated carbocycles. The number of ether oxygens (including phenoxy) is 1. The van der Waals surface area contributed by atoms with Gasteiger partial charge in [0.05, 0.1) is 0 Å². The molecule has 1 aromatic rings. The first-order valence-electron chi connectivity index (χ1n) is 6.89. The van der Waals surface area contributed by atoms with E-state index >= 15 is 0 Å². The van der Waals surface area contributed by atoms with E-state index in [1.54, 1.807) is 23.5 Å². The van der Waals surface area contributed by atoms with Crippen LogP contribution in [0.3, 0.4) is 0 Å². The molecule has 1 aromatic heterocycles. The van der Waals surface area contributed by atoms with Crippen LogP contribution in [0.1, 0.15) is 13.3 Å². The smallest absolute Gasteiger partial charge is 0.171 e. The van der Waals surface area contributed by atoms with Crippen LogP contribution in [-0.4, -0.2) is 36.2 Å². The van der Waals surface area contributed by atoms with Crippen molar-refractivity contribution in [3.63, 3.8) is 0 Å². The Morgan fingerprint density at radius 3 is 2.60 bits per heavy atom. The molecule has 20 heavy (non-hydrogen) atoms. The summed E-state index contributed by atoms with van der Waals surface area (Å²) < 4.78 is 8.99. The van der Waals surface area contributed by atoms with Gasteiger partial charge in [-0.05, 0) is 34.7 Å². The topological polar surface area (TPSA) is 27.1 Å². The van der Waals surface area contributed by atoms with Gasteiger partial charge < -0.3 is 4.74 Å². The van der Waals surface area contributed by atoms with Gasteiger partial charge in [0.1, 0.15) is 16.4 Å². The van der Waals surface area contributed by atoms with Crippen molar-refractivity contribution in [1.29, 1.82) is 0 Å². The zero-order valence-corrected chi connectivity index (χ0v) is 17.3. The standard InChI is InChI=1S/C13H25BrN2OS2Si/c1-6-8-19-13-15-11(14)12(18-2)16(13)10-17-7-9-20(3,4)5/h6-10H2,1-5H3. The Bertz CT molecular complexity index is 421. The van der Waals surface area contributed by atoms with E-state index in [1.807, 2.05) is 0 Å². The first-order valence-corrected chi connectivity index (χ1v) is 13.6. The molecule has 0 unspecified atom stereocenters. The highest BCUT2D eigenvalue weighted by molar-refractivity contribution is 9.10. The Labute approximate surface area is 140 Å². The van der Waals surface area contributed by atoms with E-state index < -0.39 is 8.07 Å². The van der Waals surface area contributed by atoms with E-state index in [9.17, 15) is 0 Å². The summed E-state index contributed by atoms with van der Waals surface area (Å²) in [6.07, 6.45) is 3.23. The Balaban J connectivity index is 2.66. The highest BCUT2D eigenvalue weighted by Gasteiger charge is 2.16. The fourth-order valence-corrected chi connectivity index (χ4v) is 4.75. The largest absolute Gasteiger partial charge is 0.361 e. The molecule has 1 heterocycles. The zero-order chi connectivity index (χ0) is 15.2. The normalized spacial score (nSPS) is 12.1. The summed E-state index contributed by atoms with van der Waals surface area (Å²) in [6.45, 7) is 10.8. The summed E-state index contributed by atoms with van der Waals surface area (Å²) in [7, 11) is -1.02. The van der Waals surface area contributed by atoms with Gasteiger partial charge in [0.25, 0.3) is 0 Å². The van der Waals surface area contributed by atoms with Crippen LogP contribution in [0.15, 0.2) is 14.8 Å². The number of halogens is 1. The van der Waals surface area contributed by atoms with Crippen LogP contribution < -0.4 is 0 Å². The lowest BCUT2D eigenvalue weighted by Crippen LogP contribution is -2.22. The summed E-state index contributed by atoms with van der Waals surface area (Å²) in [4.78, 5) is 4.60. The van der Waals surface area contributed by atoms with Crippen molar-refractivity contribution in [3.8, 4) is 0 Å². The van der Waals surface area contributed by atoms with Gasteiger partial charge in [-0.25, -0.2) is 4.98 Å². The summed E-state index contributed by atoms with van der Waals surface area (Å²) in [5.74, 6) is 1.09. The molecule has 7 heteroatoms. The summed E-state index contributed by atoms with van der Waals surface area (Å²) >= 11 is 7.05. The number of imidazole rings is 1. The Kier molecular flexibility index (Phi) is 8.26. The lowest BCUT2D eigenvalue weighted by molar-refractivity contribution is 0.0757. The molecule has 0 bridgehead atoms. The van der Waals surface area contributed by atoms with E-state index in [-0.39, 0.29) is 0 Å². The second-order valence-electron chi connectivity index (χ2n) is 5.82. The van der Waals surface area contributed by atoms with Gasteiger partial charge in [-0.2, -0.15) is 0 Å². The minimum absolute atomic E-state index is 0.602. The quantitative estimate of drug-likeness (QED) is 0.326. The minimum atomic E-state index is -1.02. The first-order chi connectivity index (χ1) is 9.39. The molecule has 0 fully saturated rings. The molecule has 1 rings (SSSR count). The SMILES string of the molecule is CCCSc1nc(Br)c(SC)n1COCC[Si](C)(C)C. The second kappa shape index (κ2) is 8.88. The number of thioether (sulfide) groups is 2. The predicted molar refractivity (Wildman–Crippen MR) is 96.8 cm³/mol. The summed E-state index contributed by atoms with van der Waals surface area (Å²) in [5, 5.41) is 2.20. The molecule has 0 aliphatic rings. The van der Waals surface area contributed by atoms with Crippen LogP contribution in [0.25, 0.3) is 0 Å². The molecule has 3 nitrogen and oxygen atoms in total. The maximum Gasteiger partial charge on any atom is 0.171 e. The Morgan fingerprint density at radius 1 is 1.35 bits per heavy atom. The van der Waals surface area contributed by atoms with Crippen LogP contribution in [0, 0.1) is 0 Å². The number of rotatable bonds is 9. The van der Waals surface area contributed by atoms with Crippen LogP contribution in [0.5, 0.6) is 0 Å². The summed E-state index contributed by atoms with van der Waals surface area (Å²) in [6, 6.07) is 1.20. The van der Waals surface area contributed by atoms with Crippen molar-refractivity contribution in [1.82, 2.24) is 9.55 Å². The lowest BCUT2D eigenvalue weighted by Gasteiger charge is -2.16. The van der Waals surface area contributed by atoms with E-state index in [0.29, 0.717) is 6.73 Å². The van der Waals surface area contributed by atoms with Crippen molar-refractivity contribution in [3.05, 3.63) is 4.60 Å². The molecule has 116 valence electrons. The van der Waals surface area contributed by atoms with Crippen LogP contribution in [0.2, 0.25) is 25.7 Å². The first kappa shape index (κ1) is 18.6. The highest BCUT2D eigenvalue weighted by atomic mass is 79.9. The third-order valence-electron chi connectivity index (χ3n) is 2.69. The molecule has 0 amide bonds.